The van der Waals surface area contributed by atoms with Crippen LogP contribution in [0.2, 0.25) is 0 Å². The largest absolute Gasteiger partial charge is 0.384 e. The third-order valence-corrected chi connectivity index (χ3v) is 4.01. The lowest BCUT2D eigenvalue weighted by Gasteiger charge is -2.12. The molecule has 0 saturated heterocycles. The summed E-state index contributed by atoms with van der Waals surface area (Å²) in [5, 5.41) is 3.05. The van der Waals surface area contributed by atoms with Gasteiger partial charge < -0.3 is 5.32 Å². The summed E-state index contributed by atoms with van der Waals surface area (Å²) in [5.74, 6) is 0. The lowest BCUT2D eigenvalue weighted by molar-refractivity contribution is 0.601. The number of sulfonamides is 1. The van der Waals surface area contributed by atoms with Crippen LogP contribution in [0.4, 0.5) is 11.4 Å². The van der Waals surface area contributed by atoms with Gasteiger partial charge in [-0.1, -0.05) is 30.3 Å². The van der Waals surface area contributed by atoms with Gasteiger partial charge in [0.1, 0.15) is 4.90 Å². The molecule has 0 radical (unpaired) electrons. The van der Waals surface area contributed by atoms with Gasteiger partial charge in [0.05, 0.1) is 5.69 Å². The molecule has 19 heavy (non-hydrogen) atoms. The quantitative estimate of drug-likeness (QED) is 0.882. The Balaban J connectivity index is 2.35. The number of anilines is 2. The van der Waals surface area contributed by atoms with Crippen molar-refractivity contribution in [3.05, 3.63) is 54.6 Å². The van der Waals surface area contributed by atoms with Gasteiger partial charge in [0, 0.05) is 12.2 Å². The van der Waals surface area contributed by atoms with Crippen LogP contribution < -0.4 is 10.0 Å². The fraction of sp³-hybridized carbons (Fsp3) is 0.143. The first-order valence-corrected chi connectivity index (χ1v) is 7.52. The Kier molecular flexibility index (Phi) is 4.06. The second kappa shape index (κ2) is 5.75. The number of benzene rings is 2. The number of hydrogen-bond acceptors (Lipinski definition) is 3. The Bertz CT molecular complexity index is 640. The Labute approximate surface area is 113 Å². The van der Waals surface area contributed by atoms with E-state index in [1.54, 1.807) is 48.5 Å². The zero-order valence-electron chi connectivity index (χ0n) is 10.6. The van der Waals surface area contributed by atoms with Crippen LogP contribution in [0.3, 0.4) is 0 Å². The highest BCUT2D eigenvalue weighted by Gasteiger charge is 2.17. The summed E-state index contributed by atoms with van der Waals surface area (Å²) >= 11 is 0. The average molecular weight is 276 g/mol. The van der Waals surface area contributed by atoms with Crippen molar-refractivity contribution in [1.29, 1.82) is 0 Å². The van der Waals surface area contributed by atoms with Gasteiger partial charge in [-0.2, -0.15) is 0 Å². The smallest absolute Gasteiger partial charge is 0.263 e. The van der Waals surface area contributed by atoms with E-state index >= 15 is 0 Å². The molecular weight excluding hydrogens is 260 g/mol. The van der Waals surface area contributed by atoms with Crippen molar-refractivity contribution in [3.8, 4) is 0 Å². The molecule has 4 nitrogen and oxygen atoms in total. The predicted molar refractivity (Wildman–Crippen MR) is 77.9 cm³/mol. The van der Waals surface area contributed by atoms with E-state index in [1.807, 2.05) is 13.0 Å². The van der Waals surface area contributed by atoms with Gasteiger partial charge in [-0.05, 0) is 31.2 Å². The van der Waals surface area contributed by atoms with Crippen LogP contribution in [-0.4, -0.2) is 15.0 Å². The van der Waals surface area contributed by atoms with E-state index in [-0.39, 0.29) is 4.90 Å². The third kappa shape index (κ3) is 3.26. The minimum atomic E-state index is -3.58. The summed E-state index contributed by atoms with van der Waals surface area (Å²) in [4.78, 5) is 0.251. The molecule has 0 saturated carbocycles. The van der Waals surface area contributed by atoms with Crippen LogP contribution in [-0.2, 0) is 10.0 Å². The fourth-order valence-corrected chi connectivity index (χ4v) is 3.00. The molecule has 100 valence electrons. The van der Waals surface area contributed by atoms with E-state index in [2.05, 4.69) is 10.0 Å². The van der Waals surface area contributed by atoms with Crippen molar-refractivity contribution < 1.29 is 8.42 Å². The van der Waals surface area contributed by atoms with Crippen molar-refractivity contribution >= 4 is 21.4 Å². The molecule has 0 aliphatic heterocycles. The molecular formula is C14H16N2O2S. The monoisotopic (exact) mass is 276 g/mol. The summed E-state index contributed by atoms with van der Waals surface area (Å²) in [5.41, 5.74) is 1.15. The molecule has 0 amide bonds. The molecule has 0 aliphatic carbocycles. The maximum absolute atomic E-state index is 12.3. The van der Waals surface area contributed by atoms with Crippen LogP contribution in [0.5, 0.6) is 0 Å². The van der Waals surface area contributed by atoms with Crippen LogP contribution in [0.25, 0.3) is 0 Å². The summed E-state index contributed by atoms with van der Waals surface area (Å²) in [6, 6.07) is 15.7. The number of hydrogen-bond donors (Lipinski definition) is 2. The van der Waals surface area contributed by atoms with Gasteiger partial charge in [0.2, 0.25) is 0 Å². The first-order chi connectivity index (χ1) is 9.13. The van der Waals surface area contributed by atoms with Crippen LogP contribution in [0.15, 0.2) is 59.5 Å². The molecule has 5 heteroatoms. The van der Waals surface area contributed by atoms with Crippen molar-refractivity contribution in [2.24, 2.45) is 0 Å². The summed E-state index contributed by atoms with van der Waals surface area (Å²) in [7, 11) is -3.58. The lowest BCUT2D eigenvalue weighted by atomic mass is 10.3. The predicted octanol–water partition coefficient (Wildman–Crippen LogP) is 2.92. The van der Waals surface area contributed by atoms with E-state index < -0.39 is 10.0 Å². The molecule has 0 spiro atoms. The standard InChI is InChI=1S/C14H16N2O2S/c1-2-15-13-10-6-7-11-14(13)19(17,18)16-12-8-4-3-5-9-12/h3-11,15-16H,2H2,1H3. The van der Waals surface area contributed by atoms with Gasteiger partial charge in [-0.15, -0.1) is 0 Å². The van der Waals surface area contributed by atoms with Gasteiger partial charge in [0.15, 0.2) is 0 Å². The molecule has 0 unspecified atom stereocenters. The minimum Gasteiger partial charge on any atom is -0.384 e. The molecule has 2 rings (SSSR count). The van der Waals surface area contributed by atoms with Crippen LogP contribution in [0.1, 0.15) is 6.92 Å². The molecule has 0 bridgehead atoms. The average Bonchev–Trinajstić information content (AvgIpc) is 2.40. The van der Waals surface area contributed by atoms with E-state index in [4.69, 9.17) is 0 Å². The van der Waals surface area contributed by atoms with Gasteiger partial charge in [0.25, 0.3) is 10.0 Å². The Hall–Kier alpha value is -2.01. The Morgan fingerprint density at radius 2 is 1.58 bits per heavy atom. The number of rotatable bonds is 5. The summed E-state index contributed by atoms with van der Waals surface area (Å²) in [6.45, 7) is 2.59. The number of para-hydroxylation sites is 2. The first kappa shape index (κ1) is 13.4. The highest BCUT2D eigenvalue weighted by molar-refractivity contribution is 7.92. The molecule has 2 aromatic carbocycles. The van der Waals surface area contributed by atoms with E-state index in [9.17, 15) is 8.42 Å². The minimum absolute atomic E-state index is 0.251. The Morgan fingerprint density at radius 3 is 2.26 bits per heavy atom. The van der Waals surface area contributed by atoms with E-state index in [0.29, 0.717) is 17.9 Å². The van der Waals surface area contributed by atoms with E-state index in [0.717, 1.165) is 0 Å². The van der Waals surface area contributed by atoms with Crippen LogP contribution >= 0.6 is 0 Å². The van der Waals surface area contributed by atoms with Crippen molar-refractivity contribution in [3.63, 3.8) is 0 Å². The maximum Gasteiger partial charge on any atom is 0.263 e. The first-order valence-electron chi connectivity index (χ1n) is 6.04. The molecule has 2 aromatic rings. The molecule has 0 heterocycles. The van der Waals surface area contributed by atoms with Gasteiger partial charge in [-0.3, -0.25) is 4.72 Å². The third-order valence-electron chi connectivity index (χ3n) is 2.57. The highest BCUT2D eigenvalue weighted by Crippen LogP contribution is 2.23. The maximum atomic E-state index is 12.3. The van der Waals surface area contributed by atoms with Crippen LogP contribution in [0, 0.1) is 0 Å². The van der Waals surface area contributed by atoms with Crippen molar-refractivity contribution in [2.75, 3.05) is 16.6 Å². The topological polar surface area (TPSA) is 58.2 Å². The second-order valence-corrected chi connectivity index (χ2v) is 5.65. The zero-order valence-corrected chi connectivity index (χ0v) is 11.4. The molecule has 0 atom stereocenters. The second-order valence-electron chi connectivity index (χ2n) is 4.00. The SMILES string of the molecule is CCNc1ccccc1S(=O)(=O)Nc1ccccc1. The molecule has 2 N–H and O–H groups in total. The Morgan fingerprint density at radius 1 is 0.947 bits per heavy atom. The number of nitrogens with one attached hydrogen (secondary N) is 2. The van der Waals surface area contributed by atoms with Crippen molar-refractivity contribution in [2.45, 2.75) is 11.8 Å². The van der Waals surface area contributed by atoms with E-state index in [1.165, 1.54) is 0 Å². The van der Waals surface area contributed by atoms with Gasteiger partial charge >= 0.3 is 0 Å². The lowest BCUT2D eigenvalue weighted by Crippen LogP contribution is -2.15. The summed E-state index contributed by atoms with van der Waals surface area (Å²) in [6.07, 6.45) is 0. The summed E-state index contributed by atoms with van der Waals surface area (Å²) < 4.78 is 27.3. The zero-order chi connectivity index (χ0) is 13.7. The highest BCUT2D eigenvalue weighted by atomic mass is 32.2. The molecule has 0 aliphatic rings. The van der Waals surface area contributed by atoms with Gasteiger partial charge in [-0.25, -0.2) is 8.42 Å². The molecule has 0 aromatic heterocycles. The molecule has 0 fully saturated rings. The fourth-order valence-electron chi connectivity index (χ4n) is 1.75. The normalized spacial score (nSPS) is 11.0. The van der Waals surface area contributed by atoms with Crippen molar-refractivity contribution in [1.82, 2.24) is 0 Å².